The summed E-state index contributed by atoms with van der Waals surface area (Å²) in [5.74, 6) is 0.459. The topological polar surface area (TPSA) is 66.4 Å². The summed E-state index contributed by atoms with van der Waals surface area (Å²) in [5, 5.41) is 9.04. The van der Waals surface area contributed by atoms with Crippen LogP contribution in [-0.4, -0.2) is 19.6 Å². The average molecular weight is 317 g/mol. The van der Waals surface area contributed by atoms with Gasteiger partial charge in [-0.05, 0) is 37.3 Å². The number of hydrogen-bond acceptors (Lipinski definition) is 4. The maximum Gasteiger partial charge on any atom is 0.250 e. The summed E-state index contributed by atoms with van der Waals surface area (Å²) < 4.78 is 28.0. The molecule has 0 aliphatic heterocycles. The van der Waals surface area contributed by atoms with Gasteiger partial charge in [0.15, 0.2) is 0 Å². The van der Waals surface area contributed by atoms with Gasteiger partial charge in [-0.25, -0.2) is 13.1 Å². The molecule has 4 nitrogen and oxygen atoms in total. The first-order valence-corrected chi connectivity index (χ1v) is 9.58. The summed E-state index contributed by atoms with van der Waals surface area (Å²) in [5.41, 5.74) is 0. The zero-order valence-corrected chi connectivity index (χ0v) is 13.5. The van der Waals surface area contributed by atoms with Gasteiger partial charge in [-0.3, -0.25) is 0 Å². The highest BCUT2D eigenvalue weighted by molar-refractivity contribution is 7.91. The third-order valence-corrected chi connectivity index (χ3v) is 7.07. The molecule has 1 aromatic rings. The van der Waals surface area contributed by atoms with Gasteiger partial charge in [0.2, 0.25) is 10.0 Å². The van der Waals surface area contributed by atoms with Gasteiger partial charge in [0.25, 0.3) is 0 Å². The van der Waals surface area contributed by atoms with Crippen LogP contribution in [0.1, 0.15) is 50.3 Å². The van der Waals surface area contributed by atoms with E-state index in [4.69, 9.17) is 5.11 Å². The molecule has 1 aliphatic carbocycles. The van der Waals surface area contributed by atoms with Crippen LogP contribution in [0.4, 0.5) is 0 Å². The standard InChI is InChI=1S/C14H23NO3S2/c1-2-13(11-6-4-3-5-7-11)15-20(17,18)14-9-8-12(10-16)19-14/h8-9,11,13,15-16H,2-7,10H2,1H3. The van der Waals surface area contributed by atoms with E-state index < -0.39 is 10.0 Å². The fourth-order valence-corrected chi connectivity index (χ4v) is 5.51. The zero-order chi connectivity index (χ0) is 14.6. The van der Waals surface area contributed by atoms with E-state index in [1.54, 1.807) is 12.1 Å². The highest BCUT2D eigenvalue weighted by Gasteiger charge is 2.27. The average Bonchev–Trinajstić information content (AvgIpc) is 2.95. The van der Waals surface area contributed by atoms with Crippen LogP contribution in [0.25, 0.3) is 0 Å². The molecule has 1 atom stereocenters. The summed E-state index contributed by atoms with van der Waals surface area (Å²) in [6, 6.07) is 3.27. The molecule has 0 radical (unpaired) electrons. The highest BCUT2D eigenvalue weighted by Crippen LogP contribution is 2.29. The Labute approximate surface area is 125 Å². The van der Waals surface area contributed by atoms with Crippen LogP contribution in [0.5, 0.6) is 0 Å². The van der Waals surface area contributed by atoms with Crippen LogP contribution in [0.3, 0.4) is 0 Å². The van der Waals surface area contributed by atoms with Gasteiger partial charge in [-0.15, -0.1) is 11.3 Å². The number of hydrogen-bond donors (Lipinski definition) is 2. The van der Waals surface area contributed by atoms with Crippen molar-refractivity contribution < 1.29 is 13.5 Å². The molecule has 0 saturated heterocycles. The summed E-state index contributed by atoms with van der Waals surface area (Å²) >= 11 is 1.14. The van der Waals surface area contributed by atoms with Crippen LogP contribution >= 0.6 is 11.3 Å². The molecule has 1 saturated carbocycles. The third-order valence-electron chi connectivity index (χ3n) is 4.02. The molecule has 0 spiro atoms. The second-order valence-electron chi connectivity index (χ2n) is 5.41. The van der Waals surface area contributed by atoms with Crippen molar-refractivity contribution in [3.05, 3.63) is 17.0 Å². The molecule has 2 rings (SSSR count). The molecule has 114 valence electrons. The first-order chi connectivity index (χ1) is 9.56. The lowest BCUT2D eigenvalue weighted by Crippen LogP contribution is -2.40. The first-order valence-electron chi connectivity index (χ1n) is 7.28. The minimum Gasteiger partial charge on any atom is -0.391 e. The molecule has 20 heavy (non-hydrogen) atoms. The maximum atomic E-state index is 12.4. The third kappa shape index (κ3) is 3.81. The van der Waals surface area contributed by atoms with Crippen molar-refractivity contribution in [3.8, 4) is 0 Å². The fraction of sp³-hybridized carbons (Fsp3) is 0.714. The molecule has 0 amide bonds. The van der Waals surface area contributed by atoms with Crippen LogP contribution in [0.2, 0.25) is 0 Å². The summed E-state index contributed by atoms with van der Waals surface area (Å²) in [7, 11) is -3.45. The van der Waals surface area contributed by atoms with Gasteiger partial charge in [-0.1, -0.05) is 26.2 Å². The quantitative estimate of drug-likeness (QED) is 0.848. The SMILES string of the molecule is CCC(NS(=O)(=O)c1ccc(CO)s1)C1CCCCC1. The van der Waals surface area contributed by atoms with E-state index in [9.17, 15) is 8.42 Å². The molecular formula is C14H23NO3S2. The van der Waals surface area contributed by atoms with Crippen LogP contribution in [-0.2, 0) is 16.6 Å². The Morgan fingerprint density at radius 2 is 2.05 bits per heavy atom. The number of aliphatic hydroxyl groups is 1. The zero-order valence-electron chi connectivity index (χ0n) is 11.8. The largest absolute Gasteiger partial charge is 0.391 e. The number of sulfonamides is 1. The van der Waals surface area contributed by atoms with Gasteiger partial charge in [0.05, 0.1) is 6.61 Å². The van der Waals surface area contributed by atoms with Crippen molar-refractivity contribution in [2.75, 3.05) is 0 Å². The Kier molecular flexibility index (Phi) is 5.60. The Bertz CT molecular complexity index is 518. The molecule has 1 fully saturated rings. The number of aliphatic hydroxyl groups excluding tert-OH is 1. The predicted molar refractivity (Wildman–Crippen MR) is 81.2 cm³/mol. The molecule has 1 aromatic heterocycles. The second-order valence-corrected chi connectivity index (χ2v) is 8.52. The number of thiophene rings is 1. The van der Waals surface area contributed by atoms with Crippen molar-refractivity contribution in [1.29, 1.82) is 0 Å². The Morgan fingerprint density at radius 3 is 2.60 bits per heavy atom. The first kappa shape index (κ1) is 15.9. The second kappa shape index (κ2) is 7.02. The maximum absolute atomic E-state index is 12.4. The van der Waals surface area contributed by atoms with E-state index >= 15 is 0 Å². The van der Waals surface area contributed by atoms with Gasteiger partial charge < -0.3 is 5.11 Å². The van der Waals surface area contributed by atoms with Crippen molar-refractivity contribution in [1.82, 2.24) is 4.72 Å². The molecule has 1 aliphatic rings. The van der Waals surface area contributed by atoms with E-state index in [0.717, 1.165) is 30.6 Å². The van der Waals surface area contributed by atoms with Gasteiger partial charge in [0.1, 0.15) is 4.21 Å². The van der Waals surface area contributed by atoms with Gasteiger partial charge in [-0.2, -0.15) is 0 Å². The van der Waals surface area contributed by atoms with E-state index in [2.05, 4.69) is 4.72 Å². The monoisotopic (exact) mass is 317 g/mol. The van der Waals surface area contributed by atoms with Crippen LogP contribution in [0, 0.1) is 5.92 Å². The Hall–Kier alpha value is -0.430. The Morgan fingerprint density at radius 1 is 1.35 bits per heavy atom. The number of rotatable bonds is 6. The highest BCUT2D eigenvalue weighted by atomic mass is 32.2. The summed E-state index contributed by atoms with van der Waals surface area (Å²) in [6.45, 7) is 1.93. The van der Waals surface area contributed by atoms with Crippen LogP contribution in [0.15, 0.2) is 16.3 Å². The van der Waals surface area contributed by atoms with Crippen molar-refractivity contribution in [2.45, 2.75) is 62.3 Å². The van der Waals surface area contributed by atoms with Crippen molar-refractivity contribution in [2.24, 2.45) is 5.92 Å². The molecule has 0 aromatic carbocycles. The summed E-state index contributed by atoms with van der Waals surface area (Å²) in [4.78, 5) is 0.677. The van der Waals surface area contributed by atoms with E-state index in [1.165, 1.54) is 19.3 Å². The van der Waals surface area contributed by atoms with Crippen molar-refractivity contribution >= 4 is 21.4 Å². The molecule has 1 unspecified atom stereocenters. The van der Waals surface area contributed by atoms with E-state index in [1.807, 2.05) is 6.92 Å². The predicted octanol–water partition coefficient (Wildman–Crippen LogP) is 2.88. The minimum absolute atomic E-state index is 0.0278. The molecule has 0 bridgehead atoms. The molecule has 6 heteroatoms. The molecular weight excluding hydrogens is 294 g/mol. The van der Waals surface area contributed by atoms with Gasteiger partial charge >= 0.3 is 0 Å². The lowest BCUT2D eigenvalue weighted by molar-refractivity contribution is 0.285. The van der Waals surface area contributed by atoms with Gasteiger partial charge in [0, 0.05) is 10.9 Å². The van der Waals surface area contributed by atoms with Crippen molar-refractivity contribution in [3.63, 3.8) is 0 Å². The normalized spacial score (nSPS) is 19.1. The molecule has 1 heterocycles. The molecule has 2 N–H and O–H groups in total. The lowest BCUT2D eigenvalue weighted by Gasteiger charge is -2.29. The smallest absolute Gasteiger partial charge is 0.250 e. The fourth-order valence-electron chi connectivity index (χ4n) is 2.89. The summed E-state index contributed by atoms with van der Waals surface area (Å²) in [6.07, 6.45) is 6.74. The van der Waals surface area contributed by atoms with Crippen LogP contribution < -0.4 is 4.72 Å². The Balaban J connectivity index is 2.08. The van der Waals surface area contributed by atoms with E-state index in [0.29, 0.717) is 15.0 Å². The number of nitrogens with one attached hydrogen (secondary N) is 1. The minimum atomic E-state index is -3.45. The lowest BCUT2D eigenvalue weighted by atomic mass is 9.83. The van der Waals surface area contributed by atoms with E-state index in [-0.39, 0.29) is 12.6 Å².